The minimum Gasteiger partial charge on any atom is -0.298 e. The summed E-state index contributed by atoms with van der Waals surface area (Å²) in [5.74, 6) is -0.435. The van der Waals surface area contributed by atoms with Gasteiger partial charge in [0.15, 0.2) is 5.13 Å². The number of aryl methyl sites for hydroxylation is 3. The molecule has 0 radical (unpaired) electrons. The minimum atomic E-state index is -3.83. The van der Waals surface area contributed by atoms with Crippen LogP contribution in [0, 0.1) is 20.8 Å². The quantitative estimate of drug-likeness (QED) is 0.432. The highest BCUT2D eigenvalue weighted by atomic mass is 32.2. The molecule has 0 atom stereocenters. The Morgan fingerprint density at radius 2 is 1.61 bits per heavy atom. The number of para-hydroxylation sites is 1. The Balaban J connectivity index is 1.61. The monoisotopic (exact) mass is 451 g/mol. The lowest BCUT2D eigenvalue weighted by molar-refractivity contribution is 0.102. The predicted molar refractivity (Wildman–Crippen MR) is 125 cm³/mol. The number of carbonyl (C=O) groups excluding carboxylic acids is 1. The molecule has 8 heteroatoms. The van der Waals surface area contributed by atoms with Crippen LogP contribution in [0.5, 0.6) is 0 Å². The lowest BCUT2D eigenvalue weighted by Gasteiger charge is -2.12. The number of benzene rings is 3. The summed E-state index contributed by atoms with van der Waals surface area (Å²) < 4.78 is 29.1. The fourth-order valence-corrected chi connectivity index (χ4v) is 5.11. The van der Waals surface area contributed by atoms with Gasteiger partial charge < -0.3 is 0 Å². The Kier molecular flexibility index (Phi) is 5.51. The van der Waals surface area contributed by atoms with E-state index in [1.807, 2.05) is 32.9 Å². The lowest BCUT2D eigenvalue weighted by Crippen LogP contribution is -2.18. The molecule has 31 heavy (non-hydrogen) atoms. The number of nitrogens with one attached hydrogen (secondary N) is 2. The van der Waals surface area contributed by atoms with E-state index in [4.69, 9.17) is 0 Å². The third-order valence-corrected chi connectivity index (χ3v) is 7.29. The molecule has 0 saturated carbocycles. The molecule has 0 unspecified atom stereocenters. The van der Waals surface area contributed by atoms with Crippen LogP contribution < -0.4 is 10.0 Å². The first kappa shape index (κ1) is 21.0. The van der Waals surface area contributed by atoms with Crippen molar-refractivity contribution in [2.75, 3.05) is 10.0 Å². The molecule has 158 valence electrons. The van der Waals surface area contributed by atoms with E-state index in [2.05, 4.69) is 15.0 Å². The van der Waals surface area contributed by atoms with Crippen LogP contribution in [0.1, 0.15) is 27.0 Å². The first-order valence-corrected chi connectivity index (χ1v) is 11.9. The molecule has 2 N–H and O–H groups in total. The molecule has 1 aromatic heterocycles. The molecular formula is C23H21N3O3S2. The van der Waals surface area contributed by atoms with Gasteiger partial charge in [-0.15, -0.1) is 0 Å². The number of hydrogen-bond acceptors (Lipinski definition) is 5. The van der Waals surface area contributed by atoms with Gasteiger partial charge in [0, 0.05) is 0 Å². The number of amides is 1. The Hall–Kier alpha value is -3.23. The lowest BCUT2D eigenvalue weighted by atomic mass is 10.1. The third-order valence-electron chi connectivity index (χ3n) is 4.97. The van der Waals surface area contributed by atoms with Crippen molar-refractivity contribution < 1.29 is 13.2 Å². The molecule has 0 aliphatic heterocycles. The summed E-state index contributed by atoms with van der Waals surface area (Å²) in [6.07, 6.45) is 0. The Morgan fingerprint density at radius 1 is 0.935 bits per heavy atom. The highest BCUT2D eigenvalue weighted by Crippen LogP contribution is 2.29. The Labute approximate surface area is 185 Å². The van der Waals surface area contributed by atoms with Crippen LogP contribution in [-0.4, -0.2) is 19.3 Å². The summed E-state index contributed by atoms with van der Waals surface area (Å²) in [6.45, 7) is 5.93. The van der Waals surface area contributed by atoms with Gasteiger partial charge in [0.1, 0.15) is 0 Å². The zero-order valence-corrected chi connectivity index (χ0v) is 18.9. The van der Waals surface area contributed by atoms with Gasteiger partial charge in [0.2, 0.25) is 0 Å². The number of hydrogen-bond donors (Lipinski definition) is 2. The fraction of sp³-hybridized carbons (Fsp3) is 0.130. The number of anilines is 2. The van der Waals surface area contributed by atoms with Gasteiger partial charge in [-0.1, -0.05) is 41.2 Å². The van der Waals surface area contributed by atoms with Crippen LogP contribution >= 0.6 is 11.3 Å². The maximum Gasteiger partial charge on any atom is 0.261 e. The van der Waals surface area contributed by atoms with Crippen LogP contribution in [0.25, 0.3) is 10.2 Å². The average molecular weight is 452 g/mol. The zero-order valence-electron chi connectivity index (χ0n) is 17.3. The van der Waals surface area contributed by atoms with Crippen LogP contribution in [0.3, 0.4) is 0 Å². The molecule has 0 fully saturated rings. The SMILES string of the molecule is Cc1ccc(S(=O)(=O)Nc2ccccc2C(=O)Nc2nc3cc(C)c(C)cc3s2)cc1. The number of thiazole rings is 1. The van der Waals surface area contributed by atoms with Gasteiger partial charge in [-0.3, -0.25) is 14.8 Å². The van der Waals surface area contributed by atoms with E-state index < -0.39 is 15.9 Å². The molecule has 0 bridgehead atoms. The van der Waals surface area contributed by atoms with Crippen LogP contribution in [0.4, 0.5) is 10.8 Å². The molecule has 6 nitrogen and oxygen atoms in total. The van der Waals surface area contributed by atoms with Gasteiger partial charge >= 0.3 is 0 Å². The summed E-state index contributed by atoms with van der Waals surface area (Å²) in [5, 5.41) is 3.25. The topological polar surface area (TPSA) is 88.2 Å². The van der Waals surface area contributed by atoms with E-state index in [1.54, 1.807) is 36.4 Å². The van der Waals surface area contributed by atoms with Crippen molar-refractivity contribution in [3.63, 3.8) is 0 Å². The van der Waals surface area contributed by atoms with E-state index in [0.717, 1.165) is 26.9 Å². The largest absolute Gasteiger partial charge is 0.298 e. The first-order valence-electron chi connectivity index (χ1n) is 9.60. The number of rotatable bonds is 5. The normalized spacial score (nSPS) is 11.5. The van der Waals surface area contributed by atoms with Gasteiger partial charge in [0.05, 0.1) is 26.4 Å². The fourth-order valence-electron chi connectivity index (χ4n) is 3.09. The number of carbonyl (C=O) groups is 1. The molecule has 1 amide bonds. The highest BCUT2D eigenvalue weighted by Gasteiger charge is 2.19. The first-order chi connectivity index (χ1) is 14.7. The molecule has 0 aliphatic rings. The molecule has 3 aromatic carbocycles. The Morgan fingerprint density at radius 3 is 2.35 bits per heavy atom. The number of aromatic nitrogens is 1. The maximum absolute atomic E-state index is 12.9. The van der Waals surface area contributed by atoms with Crippen LogP contribution in [0.15, 0.2) is 65.6 Å². The second-order valence-corrected chi connectivity index (χ2v) is 10.1. The molecule has 0 aliphatic carbocycles. The highest BCUT2D eigenvalue weighted by molar-refractivity contribution is 7.92. The summed E-state index contributed by atoms with van der Waals surface area (Å²) >= 11 is 1.38. The number of sulfonamides is 1. The van der Waals surface area contributed by atoms with Crippen molar-refractivity contribution in [2.45, 2.75) is 25.7 Å². The number of nitrogens with zero attached hydrogens (tertiary/aromatic N) is 1. The second-order valence-electron chi connectivity index (χ2n) is 7.34. The molecule has 1 heterocycles. The smallest absolute Gasteiger partial charge is 0.261 e. The predicted octanol–water partition coefficient (Wildman–Crippen LogP) is 5.27. The van der Waals surface area contributed by atoms with Gasteiger partial charge in [0.25, 0.3) is 15.9 Å². The van der Waals surface area contributed by atoms with Gasteiger partial charge in [-0.25, -0.2) is 13.4 Å². The molecule has 0 spiro atoms. The summed E-state index contributed by atoms with van der Waals surface area (Å²) in [5.41, 5.74) is 4.48. The van der Waals surface area contributed by atoms with Crippen molar-refractivity contribution in [1.29, 1.82) is 0 Å². The molecule has 0 saturated heterocycles. The number of fused-ring (bicyclic) bond motifs is 1. The zero-order chi connectivity index (χ0) is 22.2. The standard InChI is InChI=1S/C23H21N3O3S2/c1-14-8-10-17(11-9-14)31(28,29)26-19-7-5-4-6-18(19)22(27)25-23-24-20-12-15(2)16(3)13-21(20)30-23/h4-13,26H,1-3H3,(H,24,25,27). The average Bonchev–Trinajstić information content (AvgIpc) is 3.09. The van der Waals surface area contributed by atoms with Crippen molar-refractivity contribution >= 4 is 48.3 Å². The third kappa shape index (κ3) is 4.45. The van der Waals surface area contributed by atoms with E-state index in [1.165, 1.54) is 23.5 Å². The van der Waals surface area contributed by atoms with E-state index in [0.29, 0.717) is 5.13 Å². The van der Waals surface area contributed by atoms with Crippen LogP contribution in [0.2, 0.25) is 0 Å². The van der Waals surface area contributed by atoms with Crippen molar-refractivity contribution in [1.82, 2.24) is 4.98 Å². The molecule has 4 aromatic rings. The van der Waals surface area contributed by atoms with E-state index in [-0.39, 0.29) is 16.1 Å². The van der Waals surface area contributed by atoms with Crippen molar-refractivity contribution in [3.05, 3.63) is 82.9 Å². The summed E-state index contributed by atoms with van der Waals surface area (Å²) in [6, 6.07) is 17.0. The Bertz CT molecular complexity index is 1350. The molecular weight excluding hydrogens is 430 g/mol. The van der Waals surface area contributed by atoms with Crippen LogP contribution in [-0.2, 0) is 10.0 Å². The summed E-state index contributed by atoms with van der Waals surface area (Å²) in [4.78, 5) is 17.6. The van der Waals surface area contributed by atoms with E-state index in [9.17, 15) is 13.2 Å². The maximum atomic E-state index is 12.9. The van der Waals surface area contributed by atoms with Gasteiger partial charge in [-0.05, 0) is 68.3 Å². The van der Waals surface area contributed by atoms with Gasteiger partial charge in [-0.2, -0.15) is 0 Å². The molecule has 4 rings (SSSR count). The van der Waals surface area contributed by atoms with E-state index >= 15 is 0 Å². The van der Waals surface area contributed by atoms with Crippen molar-refractivity contribution in [3.8, 4) is 0 Å². The minimum absolute atomic E-state index is 0.130. The van der Waals surface area contributed by atoms with Crippen molar-refractivity contribution in [2.24, 2.45) is 0 Å². The second kappa shape index (κ2) is 8.13. The summed E-state index contributed by atoms with van der Waals surface area (Å²) in [7, 11) is -3.83.